The molecule has 9 heteroatoms. The highest BCUT2D eigenvalue weighted by Gasteiger charge is 2.29. The minimum atomic E-state index is -0.335. The number of thiazole rings is 1. The molecule has 1 aromatic heterocycles. The van der Waals surface area contributed by atoms with Gasteiger partial charge in [-0.1, -0.05) is 0 Å². The number of rotatable bonds is 9. The van der Waals surface area contributed by atoms with E-state index in [-0.39, 0.29) is 23.8 Å². The molecule has 0 aromatic carbocycles. The van der Waals surface area contributed by atoms with Gasteiger partial charge in [0.25, 0.3) is 0 Å². The van der Waals surface area contributed by atoms with Crippen molar-refractivity contribution in [2.24, 2.45) is 10.9 Å². The van der Waals surface area contributed by atoms with Gasteiger partial charge in [-0.3, -0.25) is 9.79 Å². The molecule has 1 saturated carbocycles. The van der Waals surface area contributed by atoms with Crippen molar-refractivity contribution in [2.75, 3.05) is 26.2 Å². The van der Waals surface area contributed by atoms with Gasteiger partial charge in [-0.25, -0.2) is 9.78 Å². The summed E-state index contributed by atoms with van der Waals surface area (Å²) in [6.45, 7) is 9.62. The fraction of sp³-hybridized carbons (Fsp3) is 0.667. The van der Waals surface area contributed by atoms with E-state index in [1.807, 2.05) is 13.8 Å². The van der Waals surface area contributed by atoms with Crippen molar-refractivity contribution in [3.63, 3.8) is 0 Å². The summed E-state index contributed by atoms with van der Waals surface area (Å²) in [5.41, 5.74) is 0.673. The van der Waals surface area contributed by atoms with Crippen LogP contribution in [0.25, 0.3) is 0 Å². The van der Waals surface area contributed by atoms with Crippen molar-refractivity contribution in [1.82, 2.24) is 20.9 Å². The van der Waals surface area contributed by atoms with E-state index in [9.17, 15) is 9.59 Å². The third-order valence-electron chi connectivity index (χ3n) is 3.97. The Morgan fingerprint density at radius 2 is 2.07 bits per heavy atom. The van der Waals surface area contributed by atoms with Gasteiger partial charge >= 0.3 is 5.97 Å². The van der Waals surface area contributed by atoms with Crippen LogP contribution >= 0.6 is 11.3 Å². The summed E-state index contributed by atoms with van der Waals surface area (Å²) in [6.07, 6.45) is 2.00. The summed E-state index contributed by atoms with van der Waals surface area (Å²) in [4.78, 5) is 33.1. The molecule has 0 radical (unpaired) electrons. The quantitative estimate of drug-likeness (QED) is 0.255. The maximum atomic E-state index is 12.0. The van der Waals surface area contributed by atoms with Crippen LogP contribution in [0.5, 0.6) is 0 Å². The highest BCUT2D eigenvalue weighted by molar-refractivity contribution is 7.13. The highest BCUT2D eigenvalue weighted by Crippen LogP contribution is 2.28. The summed E-state index contributed by atoms with van der Waals surface area (Å²) in [7, 11) is 0. The van der Waals surface area contributed by atoms with Crippen LogP contribution in [0.3, 0.4) is 0 Å². The standard InChI is InChI=1S/C18H29N5O3S/c1-5-19-18(21-10-9-20-15(24)13-7-8-13)23-12(4)16-22-11(3)14(27-16)17(25)26-6-2/h12-13H,5-10H2,1-4H3,(H,20,24)(H2,19,21,23). The average molecular weight is 396 g/mol. The molecule has 150 valence electrons. The number of carbonyl (C=O) groups is 2. The number of guanidine groups is 1. The largest absolute Gasteiger partial charge is 0.462 e. The number of aromatic nitrogens is 1. The van der Waals surface area contributed by atoms with Crippen LogP contribution in [-0.2, 0) is 9.53 Å². The zero-order valence-corrected chi connectivity index (χ0v) is 17.2. The smallest absolute Gasteiger partial charge is 0.350 e. The molecule has 1 unspecified atom stereocenters. The molecule has 1 heterocycles. The lowest BCUT2D eigenvalue weighted by atomic mass is 10.3. The van der Waals surface area contributed by atoms with Crippen LogP contribution in [0.2, 0.25) is 0 Å². The fourth-order valence-corrected chi connectivity index (χ4v) is 3.38. The summed E-state index contributed by atoms with van der Waals surface area (Å²) in [6, 6.07) is -0.115. The Hall–Kier alpha value is -2.16. The van der Waals surface area contributed by atoms with Crippen LogP contribution in [0.4, 0.5) is 0 Å². The zero-order valence-electron chi connectivity index (χ0n) is 16.4. The van der Waals surface area contributed by atoms with Crippen molar-refractivity contribution < 1.29 is 14.3 Å². The predicted octanol–water partition coefficient (Wildman–Crippen LogP) is 1.77. The van der Waals surface area contributed by atoms with E-state index in [1.165, 1.54) is 11.3 Å². The number of hydrogen-bond donors (Lipinski definition) is 3. The van der Waals surface area contributed by atoms with Gasteiger partial charge in [0.15, 0.2) is 5.96 Å². The maximum absolute atomic E-state index is 12.0. The number of hydrogen-bond acceptors (Lipinski definition) is 6. The van der Waals surface area contributed by atoms with Crippen molar-refractivity contribution in [1.29, 1.82) is 0 Å². The highest BCUT2D eigenvalue weighted by atomic mass is 32.1. The van der Waals surface area contributed by atoms with E-state index >= 15 is 0 Å². The summed E-state index contributed by atoms with van der Waals surface area (Å²) >= 11 is 1.33. The maximum Gasteiger partial charge on any atom is 0.350 e. The number of esters is 1. The Labute approximate surface area is 164 Å². The number of aryl methyl sites for hydroxylation is 1. The molecule has 27 heavy (non-hydrogen) atoms. The molecule has 1 aliphatic carbocycles. The molecule has 1 aromatic rings. The molecular formula is C18H29N5O3S. The Morgan fingerprint density at radius 3 is 2.70 bits per heavy atom. The summed E-state index contributed by atoms with van der Waals surface area (Å²) in [5.74, 6) is 0.650. The lowest BCUT2D eigenvalue weighted by Crippen LogP contribution is -2.39. The predicted molar refractivity (Wildman–Crippen MR) is 106 cm³/mol. The first-order valence-electron chi connectivity index (χ1n) is 9.43. The Balaban J connectivity index is 1.91. The average Bonchev–Trinajstić information content (AvgIpc) is 3.40. The van der Waals surface area contributed by atoms with Crippen LogP contribution in [0.15, 0.2) is 4.99 Å². The number of carbonyl (C=O) groups excluding carboxylic acids is 2. The van der Waals surface area contributed by atoms with Crippen LogP contribution in [0.1, 0.15) is 60.0 Å². The molecule has 1 atom stereocenters. The van der Waals surface area contributed by atoms with E-state index < -0.39 is 0 Å². The fourth-order valence-electron chi connectivity index (χ4n) is 2.41. The van der Waals surface area contributed by atoms with E-state index in [1.54, 1.807) is 13.8 Å². The molecule has 8 nitrogen and oxygen atoms in total. The van der Waals surface area contributed by atoms with Gasteiger partial charge < -0.3 is 20.7 Å². The van der Waals surface area contributed by atoms with Gasteiger partial charge in [0.05, 0.1) is 24.9 Å². The minimum Gasteiger partial charge on any atom is -0.462 e. The topological polar surface area (TPSA) is 105 Å². The van der Waals surface area contributed by atoms with Crippen LogP contribution < -0.4 is 16.0 Å². The molecule has 0 spiro atoms. The van der Waals surface area contributed by atoms with Gasteiger partial charge in [-0.2, -0.15) is 0 Å². The van der Waals surface area contributed by atoms with Crippen LogP contribution in [0, 0.1) is 12.8 Å². The summed E-state index contributed by atoms with van der Waals surface area (Å²) in [5, 5.41) is 10.2. The Morgan fingerprint density at radius 1 is 1.33 bits per heavy atom. The zero-order chi connectivity index (χ0) is 19.8. The van der Waals surface area contributed by atoms with E-state index in [4.69, 9.17) is 4.74 Å². The van der Waals surface area contributed by atoms with Gasteiger partial charge in [0.1, 0.15) is 9.88 Å². The number of aliphatic imine (C=N–C) groups is 1. The second-order valence-electron chi connectivity index (χ2n) is 6.38. The number of amides is 1. The van der Waals surface area contributed by atoms with Gasteiger partial charge in [-0.05, 0) is 40.5 Å². The second-order valence-corrected chi connectivity index (χ2v) is 7.41. The van der Waals surface area contributed by atoms with Gasteiger partial charge in [-0.15, -0.1) is 11.3 Å². The third-order valence-corrected chi connectivity index (χ3v) is 5.29. The number of nitrogens with zero attached hydrogens (tertiary/aromatic N) is 2. The lowest BCUT2D eigenvalue weighted by molar-refractivity contribution is -0.122. The molecular weight excluding hydrogens is 366 g/mol. The van der Waals surface area contributed by atoms with E-state index in [2.05, 4.69) is 25.9 Å². The Kier molecular flexibility index (Phi) is 8.02. The Bertz CT molecular complexity index is 685. The molecule has 0 saturated heterocycles. The molecule has 1 aliphatic rings. The SMILES string of the molecule is CCNC(=NCCNC(=O)C1CC1)NC(C)c1nc(C)c(C(=O)OCC)s1. The van der Waals surface area contributed by atoms with Crippen molar-refractivity contribution in [2.45, 2.75) is 46.6 Å². The lowest BCUT2D eigenvalue weighted by Gasteiger charge is -2.16. The normalized spacial score (nSPS) is 15.2. The molecule has 1 fully saturated rings. The second kappa shape index (κ2) is 10.2. The minimum absolute atomic E-state index is 0.115. The van der Waals surface area contributed by atoms with E-state index in [0.717, 1.165) is 24.4 Å². The van der Waals surface area contributed by atoms with Gasteiger partial charge in [0, 0.05) is 19.0 Å². The first-order chi connectivity index (χ1) is 13.0. The third kappa shape index (κ3) is 6.50. The number of nitrogens with one attached hydrogen (secondary N) is 3. The van der Waals surface area contributed by atoms with Crippen LogP contribution in [-0.4, -0.2) is 49.1 Å². The van der Waals surface area contributed by atoms with Crippen molar-refractivity contribution in [3.8, 4) is 0 Å². The molecule has 2 rings (SSSR count). The van der Waals surface area contributed by atoms with Gasteiger partial charge in [0.2, 0.25) is 5.91 Å². The number of ether oxygens (including phenoxy) is 1. The summed E-state index contributed by atoms with van der Waals surface area (Å²) < 4.78 is 5.07. The molecule has 3 N–H and O–H groups in total. The monoisotopic (exact) mass is 395 g/mol. The van der Waals surface area contributed by atoms with E-state index in [0.29, 0.717) is 36.2 Å². The van der Waals surface area contributed by atoms with Crippen molar-refractivity contribution >= 4 is 29.2 Å². The molecule has 0 bridgehead atoms. The first kappa shape index (κ1) is 21.1. The molecule has 1 amide bonds. The van der Waals surface area contributed by atoms with Crippen molar-refractivity contribution in [3.05, 3.63) is 15.6 Å². The first-order valence-corrected chi connectivity index (χ1v) is 10.2. The molecule has 0 aliphatic heterocycles.